The average Bonchev–Trinajstić information content (AvgIpc) is 3.35. The number of phenolic OH excluding ortho intramolecular Hbond substituents is 5. The van der Waals surface area contributed by atoms with Crippen molar-refractivity contribution in [2.45, 2.75) is 0 Å². The molecule has 0 aliphatic carbocycles. The van der Waals surface area contributed by atoms with Gasteiger partial charge in [-0.05, 0) is 87.1 Å². The van der Waals surface area contributed by atoms with Crippen LogP contribution in [0.25, 0.3) is 33.4 Å². The van der Waals surface area contributed by atoms with Gasteiger partial charge in [0.25, 0.3) is 6.71 Å². The second-order valence-corrected chi connectivity index (χ2v) is 17.1. The zero-order valence-corrected chi connectivity index (χ0v) is 35.7. The number of aromatic hydroxyl groups is 5. The predicted octanol–water partition coefficient (Wildman–Crippen LogP) is 6.58. The van der Waals surface area contributed by atoms with Crippen LogP contribution < -0.4 is 53.6 Å². The van der Waals surface area contributed by atoms with Crippen LogP contribution in [-0.4, -0.2) is 47.4 Å². The lowest BCUT2D eigenvalue weighted by Crippen LogP contribution is -2.64. The van der Waals surface area contributed by atoms with Crippen molar-refractivity contribution in [1.82, 2.24) is 0 Å². The van der Waals surface area contributed by atoms with Gasteiger partial charge in [-0.25, -0.2) is 0 Å². The third-order valence-corrected chi connectivity index (χ3v) is 13.4. The Bertz CT molecular complexity index is 3470. The average molecular weight is 856 g/mol. The third-order valence-electron chi connectivity index (χ3n) is 13.4. The molecule has 0 radical (unpaired) electrons. The Balaban J connectivity index is 1.30. The molecular weight excluding hydrogens is 817 g/mol. The Morgan fingerprint density at radius 2 is 1.02 bits per heavy atom. The maximum atomic E-state index is 11.3. The lowest BCUT2D eigenvalue weighted by atomic mass is 9.32. The first-order chi connectivity index (χ1) is 32.2. The van der Waals surface area contributed by atoms with Crippen molar-refractivity contribution in [3.8, 4) is 62.1 Å². The van der Waals surface area contributed by atoms with Gasteiger partial charge in [0, 0.05) is 56.6 Å². The first-order valence-electron chi connectivity index (χ1n) is 21.9. The monoisotopic (exact) mass is 856 g/mol. The van der Waals surface area contributed by atoms with Crippen molar-refractivity contribution < 1.29 is 25.5 Å². The number of fused-ring (bicyclic) bond motifs is 7. The van der Waals surface area contributed by atoms with E-state index in [1.54, 1.807) is 12.1 Å². The van der Waals surface area contributed by atoms with E-state index < -0.39 is 28.7 Å². The molecule has 9 nitrogen and oxygen atoms in total. The lowest BCUT2D eigenvalue weighted by Gasteiger charge is -2.49. The van der Waals surface area contributed by atoms with Crippen LogP contribution in [0.15, 0.2) is 170 Å². The topological polar surface area (TPSA) is 146 Å². The number of nitrogen functional groups attached to an aromatic ring is 1. The Hall–Kier alpha value is -8.63. The van der Waals surface area contributed by atoms with Crippen LogP contribution in [0, 0.1) is 0 Å². The van der Waals surface area contributed by atoms with Gasteiger partial charge < -0.3 is 46.4 Å². The summed E-state index contributed by atoms with van der Waals surface area (Å²) in [6.07, 6.45) is 0. The van der Waals surface area contributed by atoms with Crippen molar-refractivity contribution in [2.75, 3.05) is 20.9 Å². The first-order valence-corrected chi connectivity index (χ1v) is 21.9. The number of para-hydroxylation sites is 5. The van der Waals surface area contributed by atoms with Gasteiger partial charge in [0.2, 0.25) is 17.2 Å². The molecule has 0 saturated heterocycles. The van der Waals surface area contributed by atoms with Crippen molar-refractivity contribution >= 4 is 106 Å². The van der Waals surface area contributed by atoms with E-state index in [-0.39, 0.29) is 23.5 Å². The molecule has 314 valence electrons. The molecule has 0 aromatic heterocycles. The van der Waals surface area contributed by atoms with Crippen molar-refractivity contribution in [2.24, 2.45) is 0 Å². The number of rotatable bonds is 6. The minimum absolute atomic E-state index is 0.137. The molecule has 9 aromatic carbocycles. The summed E-state index contributed by atoms with van der Waals surface area (Å²) in [7, 11) is 2.72. The molecule has 8 N–H and O–H groups in total. The number of phenols is 5. The second-order valence-electron chi connectivity index (χ2n) is 17.1. The minimum atomic E-state index is -1.04. The number of nitrogens with two attached hydrogens (primary N) is 1. The Labute approximate surface area is 382 Å². The van der Waals surface area contributed by atoms with E-state index in [0.29, 0.717) is 18.5 Å². The fourth-order valence-corrected chi connectivity index (χ4v) is 10.7. The molecule has 0 atom stereocenters. The normalized spacial score (nSPS) is 12.7. The molecule has 12 heteroatoms. The van der Waals surface area contributed by atoms with Crippen LogP contribution >= 0.6 is 0 Å². The second kappa shape index (κ2) is 14.7. The number of nitrogens with zero attached hydrogens (tertiary/aromatic N) is 2. The maximum Gasteiger partial charge on any atom is 0.252 e. The van der Waals surface area contributed by atoms with E-state index in [9.17, 15) is 25.5 Å². The molecule has 0 unspecified atom stereocenters. The summed E-state index contributed by atoms with van der Waals surface area (Å²) in [4.78, 5) is 4.87. The van der Waals surface area contributed by atoms with Gasteiger partial charge in [0.15, 0.2) is 18.8 Å². The fraction of sp³-hybridized carbons (Fsp3) is 0. The van der Waals surface area contributed by atoms with Crippen LogP contribution in [0.4, 0.5) is 51.2 Å². The molecule has 3 aliphatic rings. The lowest BCUT2D eigenvalue weighted by molar-refractivity contribution is 0.330. The number of anilines is 9. The standard InChI is InChI=1S/C54H39B3N4O5/c55-32-19-7-11-23-38(32)60-40-25-13-9-21-34(40)57-35-22-10-14-26-41(35)61-39-24-12-8-20-33(39)56-46-45(42(29-15-3-1-4-16-29)48(60)47(57)49(46)61)44-36(58)27-30(28-37(44)59-31-17-5-2-6-18-31)43-50(62)52(64)54(66)53(65)51(43)63/h1-28,56,59,62-66H,55,58H2. The van der Waals surface area contributed by atoms with Crippen LogP contribution in [0.1, 0.15) is 0 Å². The summed E-state index contributed by atoms with van der Waals surface area (Å²) in [5.41, 5.74) is 25.7. The molecule has 3 heterocycles. The Morgan fingerprint density at radius 3 is 1.67 bits per heavy atom. The summed E-state index contributed by atoms with van der Waals surface area (Å²) in [6.45, 7) is -0.137. The number of hydrogen-bond donors (Lipinski definition) is 7. The molecule has 0 fully saturated rings. The number of benzene rings is 9. The highest BCUT2D eigenvalue weighted by molar-refractivity contribution is 7.01. The molecule has 0 spiro atoms. The maximum absolute atomic E-state index is 11.3. The van der Waals surface area contributed by atoms with Gasteiger partial charge in [-0.15, -0.1) is 0 Å². The number of hydrogen-bond acceptors (Lipinski definition) is 9. The summed E-state index contributed by atoms with van der Waals surface area (Å²) in [5.74, 6) is -4.63. The Morgan fingerprint density at radius 1 is 0.485 bits per heavy atom. The summed E-state index contributed by atoms with van der Waals surface area (Å²) in [6, 6.07) is 58.0. The zero-order chi connectivity index (χ0) is 45.0. The van der Waals surface area contributed by atoms with E-state index in [4.69, 9.17) is 5.73 Å². The van der Waals surface area contributed by atoms with Crippen molar-refractivity contribution in [3.63, 3.8) is 0 Å². The SMILES string of the molecule is Bc1ccccc1N1c2ccccc2B2c3ccccc3N3c4ccccc4Bc4c(-c5c(N)cc(-c6c(O)c(O)c(O)c(O)c6O)cc5Nc5ccccc5)c(-c5ccccc5)c1c2c43. The van der Waals surface area contributed by atoms with Gasteiger partial charge in [0.1, 0.15) is 7.85 Å². The van der Waals surface area contributed by atoms with E-state index in [1.807, 2.05) is 36.4 Å². The third kappa shape index (κ3) is 5.57. The van der Waals surface area contributed by atoms with E-state index in [1.165, 1.54) is 16.4 Å². The molecule has 66 heavy (non-hydrogen) atoms. The molecule has 9 aromatic rings. The highest BCUT2D eigenvalue weighted by Gasteiger charge is 2.48. The highest BCUT2D eigenvalue weighted by Crippen LogP contribution is 2.57. The molecule has 0 saturated carbocycles. The summed E-state index contributed by atoms with van der Waals surface area (Å²) >= 11 is 0. The smallest absolute Gasteiger partial charge is 0.252 e. The molecule has 0 amide bonds. The predicted molar refractivity (Wildman–Crippen MR) is 274 cm³/mol. The number of nitrogens with one attached hydrogen (secondary N) is 1. The molecule has 3 aliphatic heterocycles. The minimum Gasteiger partial charge on any atom is -0.504 e. The zero-order valence-electron chi connectivity index (χ0n) is 35.7. The van der Waals surface area contributed by atoms with E-state index in [0.717, 1.165) is 72.9 Å². The van der Waals surface area contributed by atoms with E-state index >= 15 is 0 Å². The van der Waals surface area contributed by atoms with Crippen LogP contribution in [0.5, 0.6) is 28.7 Å². The van der Waals surface area contributed by atoms with E-state index in [2.05, 4.69) is 144 Å². The van der Waals surface area contributed by atoms with Gasteiger partial charge in [-0.1, -0.05) is 132 Å². The van der Waals surface area contributed by atoms with Crippen molar-refractivity contribution in [1.29, 1.82) is 0 Å². The van der Waals surface area contributed by atoms with Gasteiger partial charge in [0.05, 0.1) is 11.3 Å². The molecule has 12 rings (SSSR count). The van der Waals surface area contributed by atoms with Crippen LogP contribution in [0.3, 0.4) is 0 Å². The largest absolute Gasteiger partial charge is 0.504 e. The molecule has 0 bridgehead atoms. The highest BCUT2D eigenvalue weighted by atomic mass is 16.4. The summed E-state index contributed by atoms with van der Waals surface area (Å²) < 4.78 is 0. The quantitative estimate of drug-likeness (QED) is 0.0427. The van der Waals surface area contributed by atoms with Gasteiger partial charge in [-0.2, -0.15) is 0 Å². The van der Waals surface area contributed by atoms with Crippen LogP contribution in [-0.2, 0) is 0 Å². The fourth-order valence-electron chi connectivity index (χ4n) is 10.7. The van der Waals surface area contributed by atoms with Crippen LogP contribution in [0.2, 0.25) is 0 Å². The van der Waals surface area contributed by atoms with Crippen molar-refractivity contribution in [3.05, 3.63) is 170 Å². The van der Waals surface area contributed by atoms with Gasteiger partial charge >= 0.3 is 0 Å². The van der Waals surface area contributed by atoms with Gasteiger partial charge in [-0.3, -0.25) is 0 Å². The molecular formula is C54H39B3N4O5. The Kier molecular flexibility index (Phi) is 8.70. The first kappa shape index (κ1) is 39.0. The summed E-state index contributed by atoms with van der Waals surface area (Å²) in [5, 5.41) is 58.1.